The minimum atomic E-state index is -0.826. The van der Waals surface area contributed by atoms with Crippen molar-refractivity contribution in [3.63, 3.8) is 0 Å². The Labute approximate surface area is 200 Å². The molecule has 3 heteroatoms. The van der Waals surface area contributed by atoms with E-state index < -0.39 is 20.8 Å². The molecule has 0 saturated carbocycles. The van der Waals surface area contributed by atoms with E-state index >= 15 is 0 Å². The molecule has 0 N–H and O–H groups in total. The van der Waals surface area contributed by atoms with E-state index in [0.29, 0.717) is 10.8 Å². The average molecular weight is 517 g/mol. The van der Waals surface area contributed by atoms with Crippen LogP contribution in [-0.2, 0) is 31.7 Å². The molecule has 0 aliphatic rings. The van der Waals surface area contributed by atoms with Crippen molar-refractivity contribution in [2.75, 3.05) is 0 Å². The molecule has 0 nitrogen and oxygen atoms in total. The van der Waals surface area contributed by atoms with Crippen LogP contribution in [-0.4, -0.2) is 0 Å². The first kappa shape index (κ1) is 29.2. The van der Waals surface area contributed by atoms with Gasteiger partial charge in [0.1, 0.15) is 0 Å². The van der Waals surface area contributed by atoms with Crippen LogP contribution in [0.1, 0.15) is 101 Å². The van der Waals surface area contributed by atoms with E-state index in [1.165, 1.54) is 47.9 Å². The summed E-state index contributed by atoms with van der Waals surface area (Å²) in [5.41, 5.74) is 9.73. The number of hydrogen-bond donors (Lipinski definition) is 0. The SMILES string of the molecule is CCC(C)(CC)c1cc[c-](C)c1C.CCC(C)(CC)c1cc[c-](C)c1C.[Cl][Zr+2][Cl]. The third kappa shape index (κ3) is 7.66. The van der Waals surface area contributed by atoms with Crippen LogP contribution in [0, 0.1) is 27.7 Å². The molecule has 0 saturated heterocycles. The Morgan fingerprint density at radius 1 is 0.724 bits per heavy atom. The normalized spacial score (nSPS) is 11.2. The van der Waals surface area contributed by atoms with Crippen molar-refractivity contribution in [1.82, 2.24) is 0 Å². The van der Waals surface area contributed by atoms with Crippen LogP contribution < -0.4 is 0 Å². The molecule has 2 aromatic carbocycles. The number of aryl methyl sites for hydroxylation is 2. The third-order valence-electron chi connectivity index (χ3n) is 7.41. The van der Waals surface area contributed by atoms with Crippen LogP contribution >= 0.6 is 17.0 Å². The summed E-state index contributed by atoms with van der Waals surface area (Å²) in [6.45, 7) is 22.8. The fourth-order valence-electron chi connectivity index (χ4n) is 3.91. The predicted molar refractivity (Wildman–Crippen MR) is 131 cm³/mol. The van der Waals surface area contributed by atoms with E-state index in [4.69, 9.17) is 17.0 Å². The van der Waals surface area contributed by atoms with Gasteiger partial charge in [0.2, 0.25) is 0 Å². The monoisotopic (exact) mass is 514 g/mol. The standard InChI is InChI=1S/2C13H21.2ClH.Zr/c2*1-6-13(5,7-2)12-9-8-10(3)11(12)4;;;/h2*8-9H,6-7H2,1-5H3;2*1H;/q2*-1;;;+4/p-2. The van der Waals surface area contributed by atoms with Crippen molar-refractivity contribution in [3.8, 4) is 0 Å². The molecule has 0 heterocycles. The molecule has 0 spiro atoms. The van der Waals surface area contributed by atoms with Crippen molar-refractivity contribution < 1.29 is 20.8 Å². The van der Waals surface area contributed by atoms with E-state index in [9.17, 15) is 0 Å². The fourth-order valence-corrected chi connectivity index (χ4v) is 3.91. The maximum atomic E-state index is 4.93. The second-order valence-corrected chi connectivity index (χ2v) is 12.4. The van der Waals surface area contributed by atoms with Gasteiger partial charge >= 0.3 is 37.9 Å². The molecule has 2 rings (SSSR count). The van der Waals surface area contributed by atoms with E-state index in [1.54, 1.807) is 11.1 Å². The predicted octanol–water partition coefficient (Wildman–Crippen LogP) is 9.58. The Kier molecular flexibility index (Phi) is 13.6. The molecule has 29 heavy (non-hydrogen) atoms. The summed E-state index contributed by atoms with van der Waals surface area (Å²) in [5, 5.41) is 0. The molecule has 0 bridgehead atoms. The third-order valence-corrected chi connectivity index (χ3v) is 7.41. The zero-order valence-electron chi connectivity index (χ0n) is 20.4. The topological polar surface area (TPSA) is 0 Å². The van der Waals surface area contributed by atoms with E-state index in [2.05, 4.69) is 93.5 Å². The van der Waals surface area contributed by atoms with Gasteiger partial charge in [0.15, 0.2) is 0 Å². The van der Waals surface area contributed by atoms with Crippen LogP contribution in [0.25, 0.3) is 0 Å². The number of rotatable bonds is 6. The molecule has 164 valence electrons. The second-order valence-electron chi connectivity index (χ2n) is 8.72. The Balaban J connectivity index is 0.000000477. The molecule has 0 aliphatic carbocycles. The summed E-state index contributed by atoms with van der Waals surface area (Å²) in [5.74, 6) is 0. The fraction of sp³-hybridized carbons (Fsp3) is 0.615. The van der Waals surface area contributed by atoms with Crippen LogP contribution in [0.15, 0.2) is 24.3 Å². The second kappa shape index (κ2) is 13.5. The zero-order chi connectivity index (χ0) is 22.8. The summed E-state index contributed by atoms with van der Waals surface area (Å²) in [4.78, 5) is 0. The quantitative estimate of drug-likeness (QED) is 0.335. The molecule has 0 aliphatic heterocycles. The van der Waals surface area contributed by atoms with Gasteiger partial charge in [0.25, 0.3) is 0 Å². The van der Waals surface area contributed by atoms with Gasteiger partial charge in [-0.05, 0) is 0 Å². The Morgan fingerprint density at radius 3 is 1.10 bits per heavy atom. The maximum absolute atomic E-state index is 4.93. The Bertz CT molecular complexity index is 640. The molecular formula is C26H42Cl2Zr. The van der Waals surface area contributed by atoms with E-state index in [0.717, 1.165) is 0 Å². The molecule has 0 aromatic heterocycles. The molecular weight excluding hydrogens is 474 g/mol. The first-order valence-electron chi connectivity index (χ1n) is 10.9. The van der Waals surface area contributed by atoms with Crippen LogP contribution in [0.4, 0.5) is 0 Å². The average Bonchev–Trinajstić information content (AvgIpc) is 3.24. The molecule has 0 amide bonds. The van der Waals surface area contributed by atoms with Gasteiger partial charge in [-0.25, -0.2) is 12.1 Å². The molecule has 0 radical (unpaired) electrons. The molecule has 0 fully saturated rings. The summed E-state index contributed by atoms with van der Waals surface area (Å²) >= 11 is -0.826. The van der Waals surface area contributed by atoms with Crippen molar-refractivity contribution in [2.24, 2.45) is 0 Å². The number of hydrogen-bond acceptors (Lipinski definition) is 0. The summed E-state index contributed by atoms with van der Waals surface area (Å²) in [6, 6.07) is 9.10. The first-order chi connectivity index (χ1) is 13.5. The van der Waals surface area contributed by atoms with Gasteiger partial charge in [0, 0.05) is 0 Å². The summed E-state index contributed by atoms with van der Waals surface area (Å²) in [6.07, 6.45) is 4.92. The van der Waals surface area contributed by atoms with Gasteiger partial charge in [0.05, 0.1) is 0 Å². The first-order valence-corrected chi connectivity index (χ1v) is 17.3. The van der Waals surface area contributed by atoms with Crippen LogP contribution in [0.2, 0.25) is 0 Å². The van der Waals surface area contributed by atoms with Crippen LogP contribution in [0.5, 0.6) is 0 Å². The Hall–Kier alpha value is 0.163. The van der Waals surface area contributed by atoms with Crippen LogP contribution in [0.3, 0.4) is 0 Å². The van der Waals surface area contributed by atoms with Crippen molar-refractivity contribution in [2.45, 2.75) is 106 Å². The molecule has 2 aromatic rings. The Morgan fingerprint density at radius 2 is 0.966 bits per heavy atom. The van der Waals surface area contributed by atoms with E-state index in [-0.39, 0.29) is 0 Å². The van der Waals surface area contributed by atoms with Gasteiger partial charge in [-0.3, -0.25) is 0 Å². The summed E-state index contributed by atoms with van der Waals surface area (Å²) < 4.78 is 0. The van der Waals surface area contributed by atoms with Crippen molar-refractivity contribution in [1.29, 1.82) is 0 Å². The minimum absolute atomic E-state index is 0.387. The van der Waals surface area contributed by atoms with E-state index in [1.807, 2.05) is 0 Å². The van der Waals surface area contributed by atoms with Gasteiger partial charge in [-0.1, -0.05) is 106 Å². The van der Waals surface area contributed by atoms with Crippen molar-refractivity contribution >= 4 is 17.0 Å². The van der Waals surface area contributed by atoms with Gasteiger partial charge in [-0.2, -0.15) is 45.5 Å². The number of halogens is 2. The molecule has 0 atom stereocenters. The molecule has 0 unspecified atom stereocenters. The van der Waals surface area contributed by atoms with Gasteiger partial charge in [-0.15, -0.1) is 0 Å². The van der Waals surface area contributed by atoms with Gasteiger partial charge < -0.3 is 0 Å². The van der Waals surface area contributed by atoms with Crippen molar-refractivity contribution in [3.05, 3.63) is 57.6 Å². The summed E-state index contributed by atoms with van der Waals surface area (Å²) in [7, 11) is 9.87. The zero-order valence-corrected chi connectivity index (χ0v) is 24.4.